The van der Waals surface area contributed by atoms with Gasteiger partial charge in [-0.15, -0.1) is 0 Å². The summed E-state index contributed by atoms with van der Waals surface area (Å²) < 4.78 is 0. The van der Waals surface area contributed by atoms with Crippen molar-refractivity contribution in [1.29, 1.82) is 0 Å². The number of aryl methyl sites for hydroxylation is 1. The number of carboxylic acid groups (broad SMARTS) is 1. The first-order valence-electron chi connectivity index (χ1n) is 8.79. The molecule has 0 bridgehead atoms. The van der Waals surface area contributed by atoms with E-state index in [0.717, 1.165) is 5.56 Å². The summed E-state index contributed by atoms with van der Waals surface area (Å²) in [5.41, 5.74) is 2.24. The molecule has 3 rings (SSSR count). The predicted octanol–water partition coefficient (Wildman–Crippen LogP) is 1.67. The van der Waals surface area contributed by atoms with Crippen LogP contribution in [0.4, 0.5) is 0 Å². The molecule has 25 heavy (non-hydrogen) atoms. The molecule has 0 aliphatic carbocycles. The second kappa shape index (κ2) is 7.25. The fourth-order valence-electron chi connectivity index (χ4n) is 3.61. The van der Waals surface area contributed by atoms with E-state index in [1.54, 1.807) is 9.80 Å². The summed E-state index contributed by atoms with van der Waals surface area (Å²) in [7, 11) is 0. The van der Waals surface area contributed by atoms with E-state index in [4.69, 9.17) is 5.11 Å². The Morgan fingerprint density at radius 2 is 1.76 bits per heavy atom. The molecule has 134 valence electrons. The summed E-state index contributed by atoms with van der Waals surface area (Å²) in [6, 6.07) is 8.05. The van der Waals surface area contributed by atoms with Crippen molar-refractivity contribution in [2.45, 2.75) is 32.7 Å². The normalized spacial score (nSPS) is 21.6. The highest BCUT2D eigenvalue weighted by Gasteiger charge is 2.38. The first kappa shape index (κ1) is 17.5. The molecule has 6 heteroatoms. The Balaban J connectivity index is 1.56. The van der Waals surface area contributed by atoms with Gasteiger partial charge in [-0.3, -0.25) is 14.4 Å². The minimum Gasteiger partial charge on any atom is -0.481 e. The van der Waals surface area contributed by atoms with Crippen molar-refractivity contribution in [3.8, 4) is 0 Å². The summed E-state index contributed by atoms with van der Waals surface area (Å²) in [5.74, 6) is -1.44. The maximum atomic E-state index is 12.7. The predicted molar refractivity (Wildman–Crippen MR) is 91.6 cm³/mol. The molecule has 0 unspecified atom stereocenters. The van der Waals surface area contributed by atoms with Gasteiger partial charge in [0, 0.05) is 32.6 Å². The summed E-state index contributed by atoms with van der Waals surface area (Å²) in [5, 5.41) is 9.05. The van der Waals surface area contributed by atoms with Crippen LogP contribution in [0.1, 0.15) is 30.4 Å². The number of rotatable bonds is 4. The molecule has 1 N–H and O–H groups in total. The Bertz CT molecular complexity index is 663. The summed E-state index contributed by atoms with van der Waals surface area (Å²) in [4.78, 5) is 39.4. The number of amides is 2. The number of carboxylic acids is 1. The number of hydrogen-bond donors (Lipinski definition) is 1. The Morgan fingerprint density at radius 1 is 1.12 bits per heavy atom. The topological polar surface area (TPSA) is 77.9 Å². The van der Waals surface area contributed by atoms with E-state index >= 15 is 0 Å². The van der Waals surface area contributed by atoms with Crippen LogP contribution in [0.5, 0.6) is 0 Å². The molecule has 2 aliphatic rings. The summed E-state index contributed by atoms with van der Waals surface area (Å²) in [6.45, 7) is 3.94. The minimum atomic E-state index is -0.785. The third-order valence-corrected chi connectivity index (χ3v) is 5.21. The fourth-order valence-corrected chi connectivity index (χ4v) is 3.61. The molecule has 0 aromatic heterocycles. The van der Waals surface area contributed by atoms with Gasteiger partial charge in [0.25, 0.3) is 0 Å². The lowest BCUT2D eigenvalue weighted by atomic mass is 9.95. The first-order chi connectivity index (χ1) is 11.9. The van der Waals surface area contributed by atoms with E-state index in [1.165, 1.54) is 5.56 Å². The Labute approximate surface area is 147 Å². The van der Waals surface area contributed by atoms with Crippen LogP contribution >= 0.6 is 0 Å². The standard InChI is InChI=1S/C19H24N2O4/c1-13-2-4-14(5-3-13)11-21-12-16(10-17(21)22)18(23)20-8-6-15(7-9-20)19(24)25/h2-5,15-16H,6-12H2,1H3,(H,24,25)/t16-/m0/s1. The number of aliphatic carboxylic acids is 1. The minimum absolute atomic E-state index is 0.0106. The number of nitrogens with zero attached hydrogens (tertiary/aromatic N) is 2. The third-order valence-electron chi connectivity index (χ3n) is 5.21. The highest BCUT2D eigenvalue weighted by Crippen LogP contribution is 2.25. The fraction of sp³-hybridized carbons (Fsp3) is 0.526. The van der Waals surface area contributed by atoms with Gasteiger partial charge < -0.3 is 14.9 Å². The molecule has 0 radical (unpaired) electrons. The smallest absolute Gasteiger partial charge is 0.306 e. The molecule has 2 fully saturated rings. The quantitative estimate of drug-likeness (QED) is 0.901. The largest absolute Gasteiger partial charge is 0.481 e. The van der Waals surface area contributed by atoms with Crippen molar-refractivity contribution in [3.05, 3.63) is 35.4 Å². The van der Waals surface area contributed by atoms with Crippen LogP contribution in [-0.4, -0.2) is 52.3 Å². The van der Waals surface area contributed by atoms with Crippen LogP contribution in [0, 0.1) is 18.8 Å². The molecule has 6 nitrogen and oxygen atoms in total. The van der Waals surface area contributed by atoms with Gasteiger partial charge in [0.05, 0.1) is 11.8 Å². The molecule has 1 aromatic rings. The van der Waals surface area contributed by atoms with Crippen molar-refractivity contribution in [2.24, 2.45) is 11.8 Å². The SMILES string of the molecule is Cc1ccc(CN2C[C@@H](C(=O)N3CCC(C(=O)O)CC3)CC2=O)cc1. The maximum absolute atomic E-state index is 12.7. The van der Waals surface area contributed by atoms with E-state index < -0.39 is 5.97 Å². The molecule has 0 spiro atoms. The van der Waals surface area contributed by atoms with Gasteiger partial charge in [-0.1, -0.05) is 29.8 Å². The lowest BCUT2D eigenvalue weighted by Crippen LogP contribution is -2.43. The van der Waals surface area contributed by atoms with Crippen LogP contribution < -0.4 is 0 Å². The highest BCUT2D eigenvalue weighted by molar-refractivity contribution is 5.89. The van der Waals surface area contributed by atoms with Gasteiger partial charge in [0.15, 0.2) is 0 Å². The van der Waals surface area contributed by atoms with Crippen molar-refractivity contribution >= 4 is 17.8 Å². The zero-order chi connectivity index (χ0) is 18.0. The average Bonchev–Trinajstić information content (AvgIpc) is 2.97. The van der Waals surface area contributed by atoms with Crippen LogP contribution in [0.25, 0.3) is 0 Å². The number of carbonyl (C=O) groups is 3. The van der Waals surface area contributed by atoms with Gasteiger partial charge in [-0.05, 0) is 25.3 Å². The van der Waals surface area contributed by atoms with E-state index in [9.17, 15) is 14.4 Å². The van der Waals surface area contributed by atoms with E-state index in [2.05, 4.69) is 0 Å². The Hall–Kier alpha value is -2.37. The number of hydrogen-bond acceptors (Lipinski definition) is 3. The Morgan fingerprint density at radius 3 is 2.36 bits per heavy atom. The van der Waals surface area contributed by atoms with Gasteiger partial charge in [-0.25, -0.2) is 0 Å². The second-order valence-electron chi connectivity index (χ2n) is 7.10. The first-order valence-corrected chi connectivity index (χ1v) is 8.79. The van der Waals surface area contributed by atoms with E-state index in [-0.39, 0.29) is 30.1 Å². The lowest BCUT2D eigenvalue weighted by molar-refractivity contribution is -0.146. The van der Waals surface area contributed by atoms with Gasteiger partial charge >= 0.3 is 5.97 Å². The van der Waals surface area contributed by atoms with Gasteiger partial charge in [-0.2, -0.15) is 0 Å². The average molecular weight is 344 g/mol. The number of likely N-dealkylation sites (tertiary alicyclic amines) is 2. The monoisotopic (exact) mass is 344 g/mol. The van der Waals surface area contributed by atoms with Crippen LogP contribution in [-0.2, 0) is 20.9 Å². The summed E-state index contributed by atoms with van der Waals surface area (Å²) in [6.07, 6.45) is 1.24. The van der Waals surface area contributed by atoms with Crippen LogP contribution in [0.3, 0.4) is 0 Å². The van der Waals surface area contributed by atoms with Gasteiger partial charge in [0.2, 0.25) is 11.8 Å². The zero-order valence-corrected chi connectivity index (χ0v) is 14.5. The van der Waals surface area contributed by atoms with Gasteiger partial charge in [0.1, 0.15) is 0 Å². The summed E-state index contributed by atoms with van der Waals surface area (Å²) >= 11 is 0. The molecule has 2 aliphatic heterocycles. The molecule has 1 aromatic carbocycles. The van der Waals surface area contributed by atoms with Crippen molar-refractivity contribution in [1.82, 2.24) is 9.80 Å². The number of piperidine rings is 1. The number of carbonyl (C=O) groups excluding carboxylic acids is 2. The third kappa shape index (κ3) is 4.00. The maximum Gasteiger partial charge on any atom is 0.306 e. The van der Waals surface area contributed by atoms with Crippen molar-refractivity contribution in [3.63, 3.8) is 0 Å². The number of benzene rings is 1. The van der Waals surface area contributed by atoms with Crippen molar-refractivity contribution in [2.75, 3.05) is 19.6 Å². The molecule has 0 saturated carbocycles. The molecular formula is C19H24N2O4. The zero-order valence-electron chi connectivity index (χ0n) is 14.5. The molecule has 2 saturated heterocycles. The van der Waals surface area contributed by atoms with Crippen LogP contribution in [0.15, 0.2) is 24.3 Å². The molecular weight excluding hydrogens is 320 g/mol. The second-order valence-corrected chi connectivity index (χ2v) is 7.10. The van der Waals surface area contributed by atoms with Crippen molar-refractivity contribution < 1.29 is 19.5 Å². The molecule has 1 atom stereocenters. The van der Waals surface area contributed by atoms with E-state index in [1.807, 2.05) is 31.2 Å². The van der Waals surface area contributed by atoms with Crippen LogP contribution in [0.2, 0.25) is 0 Å². The lowest BCUT2D eigenvalue weighted by Gasteiger charge is -2.31. The molecule has 2 heterocycles. The Kier molecular flexibility index (Phi) is 5.06. The van der Waals surface area contributed by atoms with E-state index in [0.29, 0.717) is 39.0 Å². The highest BCUT2D eigenvalue weighted by atomic mass is 16.4. The molecule has 2 amide bonds.